The number of aromatic nitrogens is 1. The highest BCUT2D eigenvalue weighted by molar-refractivity contribution is 7.10. The van der Waals surface area contributed by atoms with Gasteiger partial charge in [0.25, 0.3) is 0 Å². The lowest BCUT2D eigenvalue weighted by atomic mass is 9.88. The van der Waals surface area contributed by atoms with Crippen molar-refractivity contribution < 1.29 is 15.0 Å². The van der Waals surface area contributed by atoms with Crippen LogP contribution in [0.5, 0.6) is 11.5 Å². The first kappa shape index (κ1) is 18.7. The molecule has 2 unspecified atom stereocenters. The van der Waals surface area contributed by atoms with Crippen molar-refractivity contribution in [3.8, 4) is 28.8 Å². The minimum absolute atomic E-state index is 0.227. The summed E-state index contributed by atoms with van der Waals surface area (Å²) in [7, 11) is 0. The average molecular weight is 404 g/mol. The monoisotopic (exact) mass is 404 g/mol. The summed E-state index contributed by atoms with van der Waals surface area (Å²) in [6, 6.07) is 12.8. The van der Waals surface area contributed by atoms with Crippen LogP contribution in [0, 0.1) is 11.3 Å². The molecular formula is C21H16N4O3S. The van der Waals surface area contributed by atoms with Gasteiger partial charge >= 0.3 is 6.03 Å². The Labute approximate surface area is 170 Å². The number of thiazole rings is 1. The number of hydrogen-bond acceptors (Lipinski definition) is 6. The van der Waals surface area contributed by atoms with Gasteiger partial charge in [-0.25, -0.2) is 14.8 Å². The van der Waals surface area contributed by atoms with Gasteiger partial charge in [-0.2, -0.15) is 5.26 Å². The third-order valence-corrected chi connectivity index (χ3v) is 5.72. The maximum atomic E-state index is 12.0. The molecule has 0 bridgehead atoms. The van der Waals surface area contributed by atoms with Crippen molar-refractivity contribution in [3.63, 3.8) is 0 Å². The summed E-state index contributed by atoms with van der Waals surface area (Å²) in [5.41, 5.74) is 3.50. The smallest absolute Gasteiger partial charge is 0.341 e. The number of hydrogen-bond donors (Lipinski definition) is 3. The van der Waals surface area contributed by atoms with Gasteiger partial charge in [-0.1, -0.05) is 18.2 Å². The number of carbonyl (C=O) groups excluding carboxylic acids is 1. The lowest BCUT2D eigenvalue weighted by molar-refractivity contribution is 0.243. The van der Waals surface area contributed by atoms with E-state index in [4.69, 9.17) is 10.2 Å². The van der Waals surface area contributed by atoms with Crippen molar-refractivity contribution in [3.05, 3.63) is 64.0 Å². The lowest BCUT2D eigenvalue weighted by Crippen LogP contribution is -2.38. The Morgan fingerprint density at radius 1 is 1.14 bits per heavy atom. The van der Waals surface area contributed by atoms with E-state index in [1.54, 1.807) is 25.1 Å². The molecule has 2 amide bonds. The third kappa shape index (κ3) is 3.56. The van der Waals surface area contributed by atoms with Crippen LogP contribution in [-0.4, -0.2) is 26.9 Å². The minimum atomic E-state index is -0.480. The Morgan fingerprint density at radius 3 is 2.59 bits per heavy atom. The van der Waals surface area contributed by atoms with Crippen LogP contribution in [0.3, 0.4) is 0 Å². The largest absolute Gasteiger partial charge is 0.504 e. The molecule has 0 spiro atoms. The quantitative estimate of drug-likeness (QED) is 0.568. The Bertz CT molecular complexity index is 1160. The van der Waals surface area contributed by atoms with Crippen LogP contribution < -0.4 is 5.32 Å². The number of aliphatic imine (C=N–C) groups is 1. The Hall–Kier alpha value is -3.70. The van der Waals surface area contributed by atoms with Crippen molar-refractivity contribution in [1.29, 1.82) is 5.26 Å². The highest BCUT2D eigenvalue weighted by atomic mass is 32.1. The second kappa shape index (κ2) is 7.37. The Balaban J connectivity index is 1.73. The average Bonchev–Trinajstić information content (AvgIpc) is 3.19. The maximum absolute atomic E-state index is 12.0. The number of amides is 2. The van der Waals surface area contributed by atoms with E-state index >= 15 is 0 Å². The topological polar surface area (TPSA) is 119 Å². The van der Waals surface area contributed by atoms with Crippen LogP contribution in [0.1, 0.15) is 35.0 Å². The van der Waals surface area contributed by atoms with Gasteiger partial charge in [-0.05, 0) is 36.8 Å². The fourth-order valence-electron chi connectivity index (χ4n) is 3.33. The number of carbonyl (C=O) groups is 1. The number of nitriles is 1. The SMILES string of the molecule is CC1=NC(=O)NC(c2ccc(O)c(O)c2)C1c1nc(-c2ccc(C#N)cc2)cs1. The molecule has 0 aliphatic carbocycles. The number of nitrogens with zero attached hydrogens (tertiary/aromatic N) is 3. The van der Waals surface area contributed by atoms with Crippen LogP contribution >= 0.6 is 11.3 Å². The van der Waals surface area contributed by atoms with Crippen LogP contribution in [0.4, 0.5) is 4.79 Å². The minimum Gasteiger partial charge on any atom is -0.504 e. The molecule has 2 heterocycles. The van der Waals surface area contributed by atoms with E-state index in [1.807, 2.05) is 17.5 Å². The van der Waals surface area contributed by atoms with Crippen molar-refractivity contribution in [2.45, 2.75) is 18.9 Å². The van der Waals surface area contributed by atoms with E-state index in [-0.39, 0.29) is 17.4 Å². The van der Waals surface area contributed by atoms with E-state index in [1.165, 1.54) is 23.5 Å². The molecule has 0 saturated heterocycles. The molecule has 144 valence electrons. The van der Waals surface area contributed by atoms with Gasteiger partial charge in [-0.15, -0.1) is 11.3 Å². The van der Waals surface area contributed by atoms with E-state index in [0.29, 0.717) is 16.8 Å². The van der Waals surface area contributed by atoms with Gasteiger partial charge in [0.1, 0.15) is 5.01 Å². The highest BCUT2D eigenvalue weighted by Crippen LogP contribution is 2.39. The standard InChI is InChI=1S/C21H16N4O3S/c1-11-18(19(25-21(28)23-11)14-6-7-16(26)17(27)8-14)20-24-15(10-29-20)13-4-2-12(9-22)3-5-13/h2-8,10,18-19,26-27H,1H3,(H,25,28). The maximum Gasteiger partial charge on any atom is 0.341 e. The summed E-state index contributed by atoms with van der Waals surface area (Å²) in [5.74, 6) is -0.794. The molecular weight excluding hydrogens is 388 g/mol. The van der Waals surface area contributed by atoms with Gasteiger partial charge in [0.05, 0.1) is 29.3 Å². The zero-order valence-electron chi connectivity index (χ0n) is 15.3. The highest BCUT2D eigenvalue weighted by Gasteiger charge is 2.35. The second-order valence-corrected chi connectivity index (χ2v) is 7.56. The molecule has 1 aliphatic heterocycles. The first-order chi connectivity index (χ1) is 14.0. The molecule has 1 aliphatic rings. The molecule has 0 fully saturated rings. The number of benzene rings is 2. The predicted octanol–water partition coefficient (Wildman–Crippen LogP) is 4.10. The number of rotatable bonds is 3. The van der Waals surface area contributed by atoms with E-state index in [2.05, 4.69) is 16.4 Å². The van der Waals surface area contributed by atoms with Crippen molar-refractivity contribution in [1.82, 2.24) is 10.3 Å². The third-order valence-electron chi connectivity index (χ3n) is 4.80. The number of aromatic hydroxyl groups is 2. The van der Waals surface area contributed by atoms with Gasteiger partial charge in [-0.3, -0.25) is 0 Å². The first-order valence-electron chi connectivity index (χ1n) is 8.80. The molecule has 7 nitrogen and oxygen atoms in total. The Morgan fingerprint density at radius 2 is 1.90 bits per heavy atom. The zero-order valence-corrected chi connectivity index (χ0v) is 16.1. The molecule has 4 rings (SSSR count). The number of phenols is 2. The van der Waals surface area contributed by atoms with E-state index in [9.17, 15) is 15.0 Å². The van der Waals surface area contributed by atoms with Crippen LogP contribution in [0.15, 0.2) is 52.8 Å². The van der Waals surface area contributed by atoms with Crippen LogP contribution in [0.25, 0.3) is 11.3 Å². The first-order valence-corrected chi connectivity index (χ1v) is 9.67. The second-order valence-electron chi connectivity index (χ2n) is 6.67. The summed E-state index contributed by atoms with van der Waals surface area (Å²) in [6.07, 6.45) is 0. The molecule has 0 radical (unpaired) electrons. The molecule has 1 aromatic heterocycles. The zero-order chi connectivity index (χ0) is 20.5. The molecule has 29 heavy (non-hydrogen) atoms. The number of phenolic OH excluding ortho intramolecular Hbond substituents is 2. The molecule has 8 heteroatoms. The number of nitrogens with one attached hydrogen (secondary N) is 1. The van der Waals surface area contributed by atoms with Gasteiger partial charge in [0.15, 0.2) is 11.5 Å². The van der Waals surface area contributed by atoms with Crippen LogP contribution in [-0.2, 0) is 0 Å². The summed E-state index contributed by atoms with van der Waals surface area (Å²) < 4.78 is 0. The summed E-state index contributed by atoms with van der Waals surface area (Å²) in [5, 5.41) is 34.0. The van der Waals surface area contributed by atoms with E-state index < -0.39 is 12.1 Å². The van der Waals surface area contributed by atoms with Crippen molar-refractivity contribution >= 4 is 23.1 Å². The Kier molecular flexibility index (Phi) is 4.74. The molecule has 3 aromatic rings. The van der Waals surface area contributed by atoms with Gasteiger partial charge in [0.2, 0.25) is 0 Å². The van der Waals surface area contributed by atoms with Crippen LogP contribution in [0.2, 0.25) is 0 Å². The summed E-state index contributed by atoms with van der Waals surface area (Å²) in [4.78, 5) is 20.8. The predicted molar refractivity (Wildman–Crippen MR) is 109 cm³/mol. The van der Waals surface area contributed by atoms with Gasteiger partial charge < -0.3 is 15.5 Å². The molecule has 2 aromatic carbocycles. The van der Waals surface area contributed by atoms with Crippen molar-refractivity contribution in [2.24, 2.45) is 4.99 Å². The summed E-state index contributed by atoms with van der Waals surface area (Å²) in [6.45, 7) is 1.78. The normalized spacial score (nSPS) is 18.6. The fourth-order valence-corrected chi connectivity index (χ4v) is 4.35. The summed E-state index contributed by atoms with van der Waals surface area (Å²) >= 11 is 1.45. The molecule has 3 N–H and O–H groups in total. The lowest BCUT2D eigenvalue weighted by Gasteiger charge is -2.30. The number of urea groups is 1. The fraction of sp³-hybridized carbons (Fsp3) is 0.143. The van der Waals surface area contributed by atoms with Gasteiger partial charge in [0, 0.05) is 16.7 Å². The molecule has 2 atom stereocenters. The van der Waals surface area contributed by atoms with E-state index in [0.717, 1.165) is 16.3 Å². The molecule has 0 saturated carbocycles. The van der Waals surface area contributed by atoms with Crippen molar-refractivity contribution in [2.75, 3.05) is 0 Å².